The van der Waals surface area contributed by atoms with Crippen LogP contribution in [0.1, 0.15) is 25.6 Å². The van der Waals surface area contributed by atoms with Gasteiger partial charge in [0.05, 0.1) is 32.5 Å². The second-order valence-electron chi connectivity index (χ2n) is 7.78. The van der Waals surface area contributed by atoms with Crippen molar-refractivity contribution in [1.82, 2.24) is 10.3 Å². The van der Waals surface area contributed by atoms with Crippen LogP contribution in [0, 0.1) is 10.1 Å². The Morgan fingerprint density at radius 2 is 1.81 bits per heavy atom. The summed E-state index contributed by atoms with van der Waals surface area (Å²) in [6, 6.07) is 16.0. The third-order valence-corrected chi connectivity index (χ3v) is 8.42. The lowest BCUT2D eigenvalue weighted by Gasteiger charge is -2.10. The van der Waals surface area contributed by atoms with Crippen LogP contribution in [0.25, 0.3) is 10.6 Å². The van der Waals surface area contributed by atoms with E-state index in [1.54, 1.807) is 30.5 Å². The summed E-state index contributed by atoms with van der Waals surface area (Å²) in [6.07, 6.45) is 1.60. The number of hydrogen-bond donors (Lipinski definition) is 2. The van der Waals surface area contributed by atoms with Crippen molar-refractivity contribution in [3.8, 4) is 10.6 Å². The Bertz CT molecular complexity index is 1650. The van der Waals surface area contributed by atoms with E-state index < -0.39 is 26.6 Å². The van der Waals surface area contributed by atoms with E-state index in [-0.39, 0.29) is 38.8 Å². The van der Waals surface area contributed by atoms with Crippen molar-refractivity contribution >= 4 is 44.4 Å². The van der Waals surface area contributed by atoms with Gasteiger partial charge in [0.25, 0.3) is 17.5 Å². The molecule has 12 heteroatoms. The van der Waals surface area contributed by atoms with E-state index in [9.17, 15) is 28.1 Å². The summed E-state index contributed by atoms with van der Waals surface area (Å²) in [4.78, 5) is 40.6. The van der Waals surface area contributed by atoms with Crippen LogP contribution in [-0.4, -0.2) is 30.1 Å². The predicted molar refractivity (Wildman–Crippen MR) is 132 cm³/mol. The minimum atomic E-state index is -3.96. The highest BCUT2D eigenvalue weighted by Gasteiger charge is 2.31. The molecule has 0 unspecified atom stereocenters. The van der Waals surface area contributed by atoms with Crippen LogP contribution in [0.2, 0.25) is 0 Å². The number of benzene rings is 3. The summed E-state index contributed by atoms with van der Waals surface area (Å²) in [5.41, 5.74) is 0.939. The Hall–Kier alpha value is -4.42. The number of nitro benzene ring substituents is 1. The molecular weight excluding hydrogens is 504 g/mol. The maximum absolute atomic E-state index is 13.1. The van der Waals surface area contributed by atoms with E-state index in [0.29, 0.717) is 10.6 Å². The number of carbonyl (C=O) groups is 2. The van der Waals surface area contributed by atoms with Crippen LogP contribution in [0.3, 0.4) is 0 Å². The first-order valence-electron chi connectivity index (χ1n) is 10.5. The quantitative estimate of drug-likeness (QED) is 0.298. The number of aromatic nitrogens is 1. The zero-order valence-electron chi connectivity index (χ0n) is 18.3. The van der Waals surface area contributed by atoms with Gasteiger partial charge in [-0.05, 0) is 42.5 Å². The Morgan fingerprint density at radius 1 is 1.06 bits per heavy atom. The Kier molecular flexibility index (Phi) is 5.82. The SMILES string of the molecule is O=C(NCc1cnc(-c2ccc([N+](=O)[O-])cc2)s1)c1ccc2c(c1)NC(=O)c1ccccc1S2(=O)=O. The number of sulfone groups is 1. The lowest BCUT2D eigenvalue weighted by Crippen LogP contribution is -2.22. The molecule has 0 saturated heterocycles. The average molecular weight is 521 g/mol. The topological polar surface area (TPSA) is 148 Å². The highest BCUT2D eigenvalue weighted by Crippen LogP contribution is 2.34. The molecule has 5 rings (SSSR count). The van der Waals surface area contributed by atoms with Gasteiger partial charge in [0, 0.05) is 34.3 Å². The van der Waals surface area contributed by atoms with E-state index in [4.69, 9.17) is 0 Å². The number of anilines is 1. The van der Waals surface area contributed by atoms with Gasteiger partial charge in [-0.15, -0.1) is 11.3 Å². The third kappa shape index (κ3) is 4.23. The molecule has 0 bridgehead atoms. The molecule has 1 aliphatic rings. The van der Waals surface area contributed by atoms with Crippen LogP contribution < -0.4 is 10.6 Å². The Balaban J connectivity index is 1.33. The van der Waals surface area contributed by atoms with Crippen LogP contribution in [0.4, 0.5) is 11.4 Å². The largest absolute Gasteiger partial charge is 0.347 e. The molecule has 36 heavy (non-hydrogen) atoms. The number of thiazole rings is 1. The Labute approximate surface area is 208 Å². The Morgan fingerprint density at radius 3 is 2.56 bits per heavy atom. The molecule has 0 atom stereocenters. The number of rotatable bonds is 5. The van der Waals surface area contributed by atoms with Crippen molar-refractivity contribution in [2.45, 2.75) is 16.3 Å². The summed E-state index contributed by atoms with van der Waals surface area (Å²) in [7, 11) is -3.96. The van der Waals surface area contributed by atoms with Gasteiger partial charge in [-0.1, -0.05) is 12.1 Å². The fraction of sp³-hybridized carbons (Fsp3) is 0.0417. The average Bonchev–Trinajstić information content (AvgIpc) is 3.33. The zero-order valence-corrected chi connectivity index (χ0v) is 19.9. The van der Waals surface area contributed by atoms with Gasteiger partial charge in [-0.3, -0.25) is 19.7 Å². The van der Waals surface area contributed by atoms with Gasteiger partial charge in [0.15, 0.2) is 0 Å². The summed E-state index contributed by atoms with van der Waals surface area (Å²) < 4.78 is 26.2. The molecule has 0 saturated carbocycles. The summed E-state index contributed by atoms with van der Waals surface area (Å²) in [5, 5.41) is 16.8. The van der Waals surface area contributed by atoms with E-state index in [2.05, 4.69) is 15.6 Å². The molecule has 0 aliphatic carbocycles. The first-order valence-corrected chi connectivity index (χ1v) is 12.8. The van der Waals surface area contributed by atoms with E-state index >= 15 is 0 Å². The molecule has 10 nitrogen and oxygen atoms in total. The van der Waals surface area contributed by atoms with Gasteiger partial charge < -0.3 is 10.6 Å². The van der Waals surface area contributed by atoms with Crippen LogP contribution >= 0.6 is 11.3 Å². The maximum Gasteiger partial charge on any atom is 0.269 e. The number of nitrogens with one attached hydrogen (secondary N) is 2. The standard InChI is InChI=1S/C24H16N4O6S2/c29-22(25-12-17-13-26-24(35-17)14-5-8-16(9-6-14)28(31)32)15-7-10-21-19(11-15)27-23(30)18-3-1-2-4-20(18)36(21,33)34/h1-11,13H,12H2,(H,25,29)(H,27,30). The number of nitrogens with zero attached hydrogens (tertiary/aromatic N) is 2. The number of carbonyl (C=O) groups excluding carboxylic acids is 2. The molecule has 0 fully saturated rings. The van der Waals surface area contributed by atoms with Gasteiger partial charge in [0.1, 0.15) is 5.01 Å². The van der Waals surface area contributed by atoms with Crippen molar-refractivity contribution < 1.29 is 22.9 Å². The van der Waals surface area contributed by atoms with Crippen molar-refractivity contribution in [2.24, 2.45) is 0 Å². The van der Waals surface area contributed by atoms with Crippen molar-refractivity contribution in [2.75, 3.05) is 5.32 Å². The van der Waals surface area contributed by atoms with E-state index in [1.807, 2.05) is 0 Å². The molecule has 2 N–H and O–H groups in total. The molecular formula is C24H16N4O6S2. The molecule has 2 amide bonds. The monoisotopic (exact) mass is 520 g/mol. The molecule has 180 valence electrons. The molecule has 1 aliphatic heterocycles. The molecule has 4 aromatic rings. The molecule has 0 spiro atoms. The zero-order chi connectivity index (χ0) is 25.4. The van der Waals surface area contributed by atoms with Crippen molar-refractivity contribution in [3.63, 3.8) is 0 Å². The summed E-state index contributed by atoms with van der Waals surface area (Å²) in [5.74, 6) is -1.04. The highest BCUT2D eigenvalue weighted by atomic mass is 32.2. The first-order chi connectivity index (χ1) is 17.2. The third-order valence-electron chi connectivity index (χ3n) is 5.50. The highest BCUT2D eigenvalue weighted by molar-refractivity contribution is 7.91. The van der Waals surface area contributed by atoms with Crippen molar-refractivity contribution in [3.05, 3.63) is 99.0 Å². The van der Waals surface area contributed by atoms with Gasteiger partial charge in [-0.2, -0.15) is 0 Å². The second-order valence-corrected chi connectivity index (χ2v) is 10.8. The van der Waals surface area contributed by atoms with E-state index in [0.717, 1.165) is 4.88 Å². The van der Waals surface area contributed by atoms with Crippen LogP contribution in [0.15, 0.2) is 82.7 Å². The van der Waals surface area contributed by atoms with Crippen LogP contribution in [0.5, 0.6) is 0 Å². The molecule has 3 aromatic carbocycles. The van der Waals surface area contributed by atoms with E-state index in [1.165, 1.54) is 53.8 Å². The van der Waals surface area contributed by atoms with Crippen molar-refractivity contribution in [1.29, 1.82) is 0 Å². The van der Waals surface area contributed by atoms with Gasteiger partial charge in [0.2, 0.25) is 9.84 Å². The molecule has 1 aromatic heterocycles. The maximum atomic E-state index is 13.1. The number of nitro groups is 1. The number of amides is 2. The number of non-ortho nitro benzene ring substituents is 1. The first kappa shape index (κ1) is 23.3. The predicted octanol–water partition coefficient (Wildman–Crippen LogP) is 4.05. The molecule has 2 heterocycles. The van der Waals surface area contributed by atoms with Crippen LogP contribution in [-0.2, 0) is 16.4 Å². The normalized spacial score (nSPS) is 13.6. The summed E-state index contributed by atoms with van der Waals surface area (Å²) >= 11 is 1.32. The lowest BCUT2D eigenvalue weighted by molar-refractivity contribution is -0.384. The fourth-order valence-corrected chi connectivity index (χ4v) is 6.17. The minimum absolute atomic E-state index is 0.0172. The smallest absolute Gasteiger partial charge is 0.269 e. The second kappa shape index (κ2) is 8.98. The fourth-order valence-electron chi connectivity index (χ4n) is 3.72. The molecule has 0 radical (unpaired) electrons. The number of fused-ring (bicyclic) bond motifs is 2. The minimum Gasteiger partial charge on any atom is -0.347 e. The lowest BCUT2D eigenvalue weighted by atomic mass is 10.1. The number of hydrogen-bond acceptors (Lipinski definition) is 8. The van der Waals surface area contributed by atoms with Gasteiger partial charge in [-0.25, -0.2) is 13.4 Å². The van der Waals surface area contributed by atoms with Gasteiger partial charge >= 0.3 is 0 Å². The summed E-state index contributed by atoms with van der Waals surface area (Å²) in [6.45, 7) is 0.163.